The van der Waals surface area contributed by atoms with Crippen molar-refractivity contribution in [2.45, 2.75) is 13.1 Å². The first kappa shape index (κ1) is 16.1. The number of para-hydroxylation sites is 2. The minimum Gasteiger partial charge on any atom is -0.493 e. The van der Waals surface area contributed by atoms with Crippen LogP contribution in [0.1, 0.15) is 11.4 Å². The van der Waals surface area contributed by atoms with Crippen molar-refractivity contribution in [1.82, 2.24) is 15.3 Å². The fourth-order valence-corrected chi connectivity index (χ4v) is 2.65. The van der Waals surface area contributed by atoms with E-state index in [4.69, 9.17) is 14.2 Å². The molecule has 0 radical (unpaired) electrons. The van der Waals surface area contributed by atoms with Gasteiger partial charge in [-0.3, -0.25) is 0 Å². The second kappa shape index (κ2) is 7.23. The number of benzene rings is 2. The van der Waals surface area contributed by atoms with Crippen molar-refractivity contribution in [3.63, 3.8) is 0 Å². The van der Waals surface area contributed by atoms with Crippen molar-refractivity contribution in [3.05, 3.63) is 47.8 Å². The van der Waals surface area contributed by atoms with Gasteiger partial charge in [0.05, 0.1) is 38.9 Å². The summed E-state index contributed by atoms with van der Waals surface area (Å²) in [6.07, 6.45) is 0. The molecular formula is C18H21N3O3. The molecule has 126 valence electrons. The van der Waals surface area contributed by atoms with Crippen LogP contribution in [0, 0.1) is 0 Å². The summed E-state index contributed by atoms with van der Waals surface area (Å²) in [5.74, 6) is 2.81. The van der Waals surface area contributed by atoms with E-state index in [1.807, 2.05) is 36.4 Å². The summed E-state index contributed by atoms with van der Waals surface area (Å²) in [6.45, 7) is 1.30. The Hall–Kier alpha value is -2.73. The van der Waals surface area contributed by atoms with E-state index in [9.17, 15) is 0 Å². The molecular weight excluding hydrogens is 306 g/mol. The van der Waals surface area contributed by atoms with Crippen LogP contribution in [-0.4, -0.2) is 31.3 Å². The van der Waals surface area contributed by atoms with E-state index in [1.54, 1.807) is 21.3 Å². The molecule has 0 aliphatic rings. The molecule has 0 amide bonds. The van der Waals surface area contributed by atoms with E-state index in [1.165, 1.54) is 0 Å². The molecule has 0 aliphatic heterocycles. The molecule has 1 heterocycles. The molecule has 6 heteroatoms. The van der Waals surface area contributed by atoms with Crippen molar-refractivity contribution >= 4 is 11.0 Å². The summed E-state index contributed by atoms with van der Waals surface area (Å²) in [5, 5.41) is 3.37. The highest BCUT2D eigenvalue weighted by molar-refractivity contribution is 5.74. The first-order valence-corrected chi connectivity index (χ1v) is 7.68. The van der Waals surface area contributed by atoms with Crippen LogP contribution in [0.3, 0.4) is 0 Å². The number of rotatable bonds is 7. The predicted octanol–water partition coefficient (Wildman–Crippen LogP) is 2.88. The van der Waals surface area contributed by atoms with Crippen molar-refractivity contribution in [3.8, 4) is 17.2 Å². The molecule has 2 aromatic carbocycles. The number of nitrogens with zero attached hydrogens (tertiary/aromatic N) is 1. The molecule has 0 aliphatic carbocycles. The molecule has 3 aromatic rings. The third kappa shape index (κ3) is 3.28. The maximum atomic E-state index is 5.37. The van der Waals surface area contributed by atoms with Gasteiger partial charge in [-0.1, -0.05) is 12.1 Å². The van der Waals surface area contributed by atoms with Gasteiger partial charge in [0.2, 0.25) is 5.75 Å². The fourth-order valence-electron chi connectivity index (χ4n) is 2.65. The van der Waals surface area contributed by atoms with Gasteiger partial charge in [0.15, 0.2) is 11.5 Å². The van der Waals surface area contributed by atoms with E-state index in [0.29, 0.717) is 30.3 Å². The first-order chi connectivity index (χ1) is 11.7. The fraction of sp³-hybridized carbons (Fsp3) is 0.278. The van der Waals surface area contributed by atoms with Crippen LogP contribution >= 0.6 is 0 Å². The van der Waals surface area contributed by atoms with Gasteiger partial charge >= 0.3 is 0 Å². The van der Waals surface area contributed by atoms with Crippen molar-refractivity contribution in [2.75, 3.05) is 21.3 Å². The Balaban J connectivity index is 1.69. The smallest absolute Gasteiger partial charge is 0.203 e. The summed E-state index contributed by atoms with van der Waals surface area (Å²) in [7, 11) is 4.83. The average molecular weight is 327 g/mol. The summed E-state index contributed by atoms with van der Waals surface area (Å²) in [6, 6.07) is 11.9. The molecule has 0 fully saturated rings. The van der Waals surface area contributed by atoms with Crippen LogP contribution in [0.25, 0.3) is 11.0 Å². The monoisotopic (exact) mass is 327 g/mol. The number of hydrogen-bond acceptors (Lipinski definition) is 5. The van der Waals surface area contributed by atoms with Crippen molar-refractivity contribution in [2.24, 2.45) is 0 Å². The third-order valence-electron chi connectivity index (χ3n) is 3.78. The standard InChI is InChI=1S/C18H21N3O3/c1-22-15-8-12(9-16(23-2)18(15)24-3)10-19-11-17-20-13-6-4-5-7-14(13)21-17/h4-9,19H,10-11H2,1-3H3,(H,20,21). The Morgan fingerprint density at radius 3 is 2.29 bits per heavy atom. The maximum absolute atomic E-state index is 5.37. The number of methoxy groups -OCH3 is 3. The van der Waals surface area contributed by atoms with Crippen molar-refractivity contribution in [1.29, 1.82) is 0 Å². The summed E-state index contributed by atoms with van der Waals surface area (Å²) in [4.78, 5) is 7.85. The Morgan fingerprint density at radius 2 is 1.67 bits per heavy atom. The van der Waals surface area contributed by atoms with Crippen LogP contribution in [0.15, 0.2) is 36.4 Å². The van der Waals surface area contributed by atoms with E-state index >= 15 is 0 Å². The lowest BCUT2D eigenvalue weighted by atomic mass is 10.1. The second-order valence-electron chi connectivity index (χ2n) is 5.34. The SMILES string of the molecule is COc1cc(CNCc2nc3ccccc3[nH]2)cc(OC)c1OC. The molecule has 0 spiro atoms. The lowest BCUT2D eigenvalue weighted by molar-refractivity contribution is 0.323. The number of imidazole rings is 1. The maximum Gasteiger partial charge on any atom is 0.203 e. The van der Waals surface area contributed by atoms with Crippen LogP contribution in [0.2, 0.25) is 0 Å². The van der Waals surface area contributed by atoms with Gasteiger partial charge in [0.25, 0.3) is 0 Å². The first-order valence-electron chi connectivity index (χ1n) is 7.68. The van der Waals surface area contributed by atoms with Gasteiger partial charge in [-0.05, 0) is 29.8 Å². The molecule has 6 nitrogen and oxygen atoms in total. The van der Waals surface area contributed by atoms with Crippen LogP contribution in [0.5, 0.6) is 17.2 Å². The number of hydrogen-bond donors (Lipinski definition) is 2. The number of nitrogens with one attached hydrogen (secondary N) is 2. The largest absolute Gasteiger partial charge is 0.493 e. The highest BCUT2D eigenvalue weighted by atomic mass is 16.5. The van der Waals surface area contributed by atoms with Gasteiger partial charge in [-0.2, -0.15) is 0 Å². The zero-order valence-electron chi connectivity index (χ0n) is 14.1. The number of H-pyrrole nitrogens is 1. The minimum atomic E-state index is 0.598. The topological polar surface area (TPSA) is 68.4 Å². The molecule has 3 rings (SSSR count). The normalized spacial score (nSPS) is 10.8. The van der Waals surface area contributed by atoms with Crippen molar-refractivity contribution < 1.29 is 14.2 Å². The van der Waals surface area contributed by atoms with E-state index in [0.717, 1.165) is 22.4 Å². The summed E-state index contributed by atoms with van der Waals surface area (Å²) < 4.78 is 16.1. The average Bonchev–Trinajstić information content (AvgIpc) is 3.03. The minimum absolute atomic E-state index is 0.598. The van der Waals surface area contributed by atoms with Crippen LogP contribution in [0.4, 0.5) is 0 Å². The van der Waals surface area contributed by atoms with Gasteiger partial charge < -0.3 is 24.5 Å². The third-order valence-corrected chi connectivity index (χ3v) is 3.78. The molecule has 1 aromatic heterocycles. The number of aromatic nitrogens is 2. The van der Waals surface area contributed by atoms with Crippen LogP contribution in [-0.2, 0) is 13.1 Å². The number of fused-ring (bicyclic) bond motifs is 1. The number of aromatic amines is 1. The van der Waals surface area contributed by atoms with Gasteiger partial charge in [0.1, 0.15) is 5.82 Å². The van der Waals surface area contributed by atoms with Gasteiger partial charge in [-0.25, -0.2) is 4.98 Å². The second-order valence-corrected chi connectivity index (χ2v) is 5.34. The summed E-state index contributed by atoms with van der Waals surface area (Å²) >= 11 is 0. The number of ether oxygens (including phenoxy) is 3. The molecule has 0 saturated carbocycles. The molecule has 0 unspecified atom stereocenters. The van der Waals surface area contributed by atoms with Crippen LogP contribution < -0.4 is 19.5 Å². The molecule has 0 bridgehead atoms. The molecule has 0 saturated heterocycles. The van der Waals surface area contributed by atoms with E-state index in [2.05, 4.69) is 15.3 Å². The Kier molecular flexibility index (Phi) is 4.86. The predicted molar refractivity (Wildman–Crippen MR) is 92.7 cm³/mol. The Labute approximate surface area is 140 Å². The molecule has 2 N–H and O–H groups in total. The van der Waals surface area contributed by atoms with E-state index in [-0.39, 0.29) is 0 Å². The Morgan fingerprint density at radius 1 is 0.958 bits per heavy atom. The van der Waals surface area contributed by atoms with Gasteiger partial charge in [0, 0.05) is 6.54 Å². The van der Waals surface area contributed by atoms with Gasteiger partial charge in [-0.15, -0.1) is 0 Å². The highest BCUT2D eigenvalue weighted by Gasteiger charge is 2.13. The summed E-state index contributed by atoms with van der Waals surface area (Å²) in [5.41, 5.74) is 3.06. The lowest BCUT2D eigenvalue weighted by Gasteiger charge is -2.14. The highest BCUT2D eigenvalue weighted by Crippen LogP contribution is 2.38. The lowest BCUT2D eigenvalue weighted by Crippen LogP contribution is -2.14. The zero-order chi connectivity index (χ0) is 16.9. The quantitative estimate of drug-likeness (QED) is 0.698. The molecule has 24 heavy (non-hydrogen) atoms. The Bertz CT molecular complexity index is 771. The molecule has 0 atom stereocenters. The van der Waals surface area contributed by atoms with E-state index < -0.39 is 0 Å². The zero-order valence-corrected chi connectivity index (χ0v) is 14.1.